The topological polar surface area (TPSA) is 81.4 Å². The molecule has 7 nitrogen and oxygen atoms in total. The molecule has 1 unspecified atom stereocenters. The number of anilines is 1. The monoisotopic (exact) mass is 297 g/mol. The fourth-order valence-electron chi connectivity index (χ4n) is 2.64. The van der Waals surface area contributed by atoms with Gasteiger partial charge < -0.3 is 5.32 Å². The van der Waals surface area contributed by atoms with Crippen LogP contribution >= 0.6 is 0 Å². The lowest BCUT2D eigenvalue weighted by atomic mass is 10.1. The molecule has 0 saturated heterocycles. The van der Waals surface area contributed by atoms with Gasteiger partial charge in [0.25, 0.3) is 0 Å². The Bertz CT molecular complexity index is 809. The Kier molecular flexibility index (Phi) is 3.70. The smallest absolute Gasteiger partial charge is 0.165 e. The van der Waals surface area contributed by atoms with Crippen LogP contribution < -0.4 is 5.32 Å². The van der Waals surface area contributed by atoms with Crippen molar-refractivity contribution in [1.29, 1.82) is 0 Å². The Morgan fingerprint density at radius 2 is 2.00 bits per heavy atom. The van der Waals surface area contributed by atoms with Crippen molar-refractivity contribution >= 4 is 16.9 Å². The third-order valence-electron chi connectivity index (χ3n) is 3.61. The third-order valence-corrected chi connectivity index (χ3v) is 3.61. The maximum Gasteiger partial charge on any atom is 0.165 e. The van der Waals surface area contributed by atoms with E-state index in [0.717, 1.165) is 34.8 Å². The number of rotatable bonds is 4. The second-order valence-electron chi connectivity index (χ2n) is 5.30. The Labute approximate surface area is 128 Å². The summed E-state index contributed by atoms with van der Waals surface area (Å²) in [4.78, 5) is 17.5. The van der Waals surface area contributed by atoms with Crippen molar-refractivity contribution in [3.8, 4) is 0 Å². The van der Waals surface area contributed by atoms with Gasteiger partial charge in [0.05, 0.1) is 11.4 Å². The molecule has 0 aliphatic carbocycles. The van der Waals surface area contributed by atoms with Crippen molar-refractivity contribution in [2.24, 2.45) is 0 Å². The Morgan fingerprint density at radius 3 is 2.77 bits per heavy atom. The number of hydrogen-bond donors (Lipinski definition) is 1. The molecule has 0 spiro atoms. The Hall–Kier alpha value is -2.57. The van der Waals surface area contributed by atoms with Crippen molar-refractivity contribution in [2.45, 2.75) is 40.3 Å². The summed E-state index contributed by atoms with van der Waals surface area (Å²) in [5.41, 5.74) is 2.77. The molecule has 3 heterocycles. The van der Waals surface area contributed by atoms with E-state index >= 15 is 0 Å². The summed E-state index contributed by atoms with van der Waals surface area (Å²) in [5.74, 6) is 1.65. The van der Waals surface area contributed by atoms with Crippen LogP contribution in [0, 0.1) is 13.8 Å². The highest BCUT2D eigenvalue weighted by atomic mass is 15.3. The summed E-state index contributed by atoms with van der Waals surface area (Å²) < 4.78 is 1.87. The van der Waals surface area contributed by atoms with E-state index in [4.69, 9.17) is 0 Å². The molecule has 0 aliphatic rings. The number of fused-ring (bicyclic) bond motifs is 1. The molecule has 22 heavy (non-hydrogen) atoms. The standard InChI is InChI=1S/C15H19N7/c1-5-22-15(18-8-19-22)11(4)21-14-12-9(2)6-10(3)20-13(12)16-7-17-14/h6-8,11H,5H2,1-4H3,(H,16,17,20,21). The predicted octanol–water partition coefficient (Wildman–Crippen LogP) is 2.43. The van der Waals surface area contributed by atoms with Crippen LogP contribution in [0.5, 0.6) is 0 Å². The highest BCUT2D eigenvalue weighted by Gasteiger charge is 2.15. The van der Waals surface area contributed by atoms with Crippen LogP contribution in [0.3, 0.4) is 0 Å². The molecular formula is C15H19N7. The first-order chi connectivity index (χ1) is 10.6. The zero-order valence-electron chi connectivity index (χ0n) is 13.2. The van der Waals surface area contributed by atoms with Crippen LogP contribution in [-0.2, 0) is 6.54 Å². The summed E-state index contributed by atoms with van der Waals surface area (Å²) in [6.07, 6.45) is 3.11. The molecule has 0 saturated carbocycles. The maximum atomic E-state index is 4.48. The van der Waals surface area contributed by atoms with Crippen LogP contribution in [0.25, 0.3) is 11.0 Å². The predicted molar refractivity (Wildman–Crippen MR) is 84.5 cm³/mol. The van der Waals surface area contributed by atoms with Crippen molar-refractivity contribution in [3.05, 3.63) is 35.8 Å². The molecular weight excluding hydrogens is 278 g/mol. The van der Waals surface area contributed by atoms with Gasteiger partial charge in [-0.05, 0) is 39.3 Å². The minimum atomic E-state index is -0.0127. The van der Waals surface area contributed by atoms with E-state index in [1.807, 2.05) is 38.4 Å². The van der Waals surface area contributed by atoms with Gasteiger partial charge in [0.2, 0.25) is 0 Å². The molecule has 114 valence electrons. The van der Waals surface area contributed by atoms with E-state index in [9.17, 15) is 0 Å². The summed E-state index contributed by atoms with van der Waals surface area (Å²) in [6, 6.07) is 2.03. The quantitative estimate of drug-likeness (QED) is 0.796. The van der Waals surface area contributed by atoms with Gasteiger partial charge in [0, 0.05) is 12.2 Å². The number of nitrogens with zero attached hydrogens (tertiary/aromatic N) is 6. The molecule has 0 fully saturated rings. The van der Waals surface area contributed by atoms with E-state index < -0.39 is 0 Å². The average Bonchev–Trinajstić information content (AvgIpc) is 2.95. The van der Waals surface area contributed by atoms with E-state index in [0.29, 0.717) is 5.65 Å². The average molecular weight is 297 g/mol. The minimum absolute atomic E-state index is 0.0127. The van der Waals surface area contributed by atoms with Gasteiger partial charge in [-0.15, -0.1) is 0 Å². The van der Waals surface area contributed by atoms with Crippen LogP contribution in [0.15, 0.2) is 18.7 Å². The van der Waals surface area contributed by atoms with Crippen molar-refractivity contribution in [1.82, 2.24) is 29.7 Å². The second kappa shape index (κ2) is 5.67. The van der Waals surface area contributed by atoms with Gasteiger partial charge in [-0.25, -0.2) is 24.6 Å². The molecule has 0 aromatic carbocycles. The van der Waals surface area contributed by atoms with E-state index in [-0.39, 0.29) is 6.04 Å². The molecule has 0 aliphatic heterocycles. The third kappa shape index (κ3) is 2.49. The Morgan fingerprint density at radius 1 is 1.18 bits per heavy atom. The molecule has 1 atom stereocenters. The van der Waals surface area contributed by atoms with Crippen LogP contribution in [0.4, 0.5) is 5.82 Å². The van der Waals surface area contributed by atoms with E-state index in [1.54, 1.807) is 6.33 Å². The summed E-state index contributed by atoms with van der Waals surface area (Å²) in [5, 5.41) is 8.56. The van der Waals surface area contributed by atoms with Gasteiger partial charge in [-0.3, -0.25) is 0 Å². The van der Waals surface area contributed by atoms with Crippen molar-refractivity contribution in [3.63, 3.8) is 0 Å². The fourth-order valence-corrected chi connectivity index (χ4v) is 2.64. The molecule has 0 radical (unpaired) electrons. The zero-order chi connectivity index (χ0) is 15.7. The first-order valence-electron chi connectivity index (χ1n) is 7.33. The fraction of sp³-hybridized carbons (Fsp3) is 0.400. The molecule has 3 rings (SSSR count). The number of aryl methyl sites for hydroxylation is 3. The molecule has 0 bridgehead atoms. The van der Waals surface area contributed by atoms with Crippen molar-refractivity contribution in [2.75, 3.05) is 5.32 Å². The normalized spacial score (nSPS) is 12.5. The molecule has 1 N–H and O–H groups in total. The molecule has 3 aromatic heterocycles. The number of aromatic nitrogens is 6. The molecule has 7 heteroatoms. The van der Waals surface area contributed by atoms with E-state index in [2.05, 4.69) is 30.4 Å². The number of pyridine rings is 1. The highest BCUT2D eigenvalue weighted by molar-refractivity contribution is 5.89. The molecule has 3 aromatic rings. The summed E-state index contributed by atoms with van der Waals surface area (Å²) >= 11 is 0. The highest BCUT2D eigenvalue weighted by Crippen LogP contribution is 2.25. The largest absolute Gasteiger partial charge is 0.360 e. The number of hydrogen-bond acceptors (Lipinski definition) is 6. The number of nitrogens with one attached hydrogen (secondary N) is 1. The van der Waals surface area contributed by atoms with Gasteiger partial charge in [0.1, 0.15) is 24.3 Å². The van der Waals surface area contributed by atoms with Gasteiger partial charge in [0.15, 0.2) is 5.65 Å². The van der Waals surface area contributed by atoms with Gasteiger partial charge in [-0.2, -0.15) is 5.10 Å². The van der Waals surface area contributed by atoms with Gasteiger partial charge in [-0.1, -0.05) is 0 Å². The molecule has 0 amide bonds. The summed E-state index contributed by atoms with van der Waals surface area (Å²) in [7, 11) is 0. The van der Waals surface area contributed by atoms with E-state index in [1.165, 1.54) is 6.33 Å². The van der Waals surface area contributed by atoms with Crippen LogP contribution in [-0.4, -0.2) is 29.7 Å². The SMILES string of the molecule is CCn1ncnc1C(C)Nc1ncnc2nc(C)cc(C)c12. The summed E-state index contributed by atoms with van der Waals surface area (Å²) in [6.45, 7) is 8.88. The minimum Gasteiger partial charge on any atom is -0.360 e. The maximum absolute atomic E-state index is 4.48. The van der Waals surface area contributed by atoms with Crippen LogP contribution in [0.2, 0.25) is 0 Å². The Balaban J connectivity index is 2.01. The lowest BCUT2D eigenvalue weighted by Gasteiger charge is -2.16. The van der Waals surface area contributed by atoms with Crippen molar-refractivity contribution < 1.29 is 0 Å². The lowest BCUT2D eigenvalue weighted by molar-refractivity contribution is 0.592. The van der Waals surface area contributed by atoms with Gasteiger partial charge >= 0.3 is 0 Å². The lowest BCUT2D eigenvalue weighted by Crippen LogP contribution is -2.15. The first-order valence-corrected chi connectivity index (χ1v) is 7.33. The second-order valence-corrected chi connectivity index (χ2v) is 5.30. The zero-order valence-corrected chi connectivity index (χ0v) is 13.2. The first kappa shape index (κ1) is 14.4. The van der Waals surface area contributed by atoms with Crippen LogP contribution in [0.1, 0.15) is 37.0 Å².